The Labute approximate surface area is 178 Å². The zero-order valence-electron chi connectivity index (χ0n) is 16.9. The first-order valence-corrected chi connectivity index (χ1v) is 9.84. The maximum Gasteiger partial charge on any atom is 0.355 e. The molecular formula is C22H21N3O6. The van der Waals surface area contributed by atoms with Gasteiger partial charge in [0.05, 0.1) is 5.69 Å². The van der Waals surface area contributed by atoms with Gasteiger partial charge in [0.25, 0.3) is 5.91 Å². The molecule has 2 aromatic rings. The van der Waals surface area contributed by atoms with Crippen LogP contribution in [0.15, 0.2) is 53.6 Å². The van der Waals surface area contributed by atoms with Crippen molar-refractivity contribution in [3.8, 4) is 11.5 Å². The van der Waals surface area contributed by atoms with Crippen LogP contribution in [0.1, 0.15) is 25.3 Å². The van der Waals surface area contributed by atoms with Gasteiger partial charge in [0.1, 0.15) is 5.71 Å². The standard InChI is InChI=1S/C22H21N3O6/c1-14(21(27)23-12-15-7-9-18-19(11-15)30-13-29-18)31-22(28)17-8-10-20(26)25(24-17)16-5-3-2-4-6-16/h2-7,9,11,14H,8,10,12-13H2,1H3,(H,23,27)/t14-/m1/s1. The normalized spacial score (nSPS) is 15.8. The molecule has 0 aliphatic carbocycles. The Morgan fingerprint density at radius 1 is 1.13 bits per heavy atom. The summed E-state index contributed by atoms with van der Waals surface area (Å²) in [7, 11) is 0. The molecule has 160 valence electrons. The van der Waals surface area contributed by atoms with Crippen molar-refractivity contribution < 1.29 is 28.6 Å². The van der Waals surface area contributed by atoms with Gasteiger partial charge in [0.15, 0.2) is 17.6 Å². The van der Waals surface area contributed by atoms with E-state index in [1.54, 1.807) is 36.4 Å². The second kappa shape index (κ2) is 8.86. The molecule has 0 saturated heterocycles. The van der Waals surface area contributed by atoms with Gasteiger partial charge in [-0.2, -0.15) is 5.10 Å². The molecule has 0 spiro atoms. The van der Waals surface area contributed by atoms with Crippen molar-refractivity contribution in [2.75, 3.05) is 11.8 Å². The van der Waals surface area contributed by atoms with E-state index >= 15 is 0 Å². The Hall–Kier alpha value is -3.88. The van der Waals surface area contributed by atoms with E-state index in [1.165, 1.54) is 11.9 Å². The summed E-state index contributed by atoms with van der Waals surface area (Å²) in [5.74, 6) is -0.0949. The number of esters is 1. The molecule has 9 heteroatoms. The van der Waals surface area contributed by atoms with Crippen LogP contribution in [0.2, 0.25) is 0 Å². The van der Waals surface area contributed by atoms with E-state index in [1.807, 2.05) is 12.1 Å². The van der Waals surface area contributed by atoms with Crippen LogP contribution in [-0.2, 0) is 25.7 Å². The molecule has 0 bridgehead atoms. The number of rotatable bonds is 6. The van der Waals surface area contributed by atoms with Crippen molar-refractivity contribution in [1.29, 1.82) is 0 Å². The topological polar surface area (TPSA) is 107 Å². The SMILES string of the molecule is C[C@@H](OC(=O)C1=NN(c2ccccc2)C(=O)CC1)C(=O)NCc1ccc2c(c1)OCO2. The number of hydrogen-bond acceptors (Lipinski definition) is 7. The van der Waals surface area contributed by atoms with Crippen LogP contribution in [-0.4, -0.2) is 36.4 Å². The minimum Gasteiger partial charge on any atom is -0.454 e. The summed E-state index contributed by atoms with van der Waals surface area (Å²) in [5, 5.41) is 8.05. The van der Waals surface area contributed by atoms with E-state index in [0.717, 1.165) is 5.56 Å². The molecule has 4 rings (SSSR count). The minimum absolute atomic E-state index is 0.0962. The maximum absolute atomic E-state index is 12.5. The highest BCUT2D eigenvalue weighted by molar-refractivity contribution is 6.38. The minimum atomic E-state index is -1.02. The van der Waals surface area contributed by atoms with Crippen LogP contribution in [0, 0.1) is 0 Å². The summed E-state index contributed by atoms with van der Waals surface area (Å²) < 4.78 is 15.8. The van der Waals surface area contributed by atoms with E-state index in [9.17, 15) is 14.4 Å². The lowest BCUT2D eigenvalue weighted by molar-refractivity contribution is -0.148. The molecule has 2 aromatic carbocycles. The Balaban J connectivity index is 1.34. The largest absolute Gasteiger partial charge is 0.454 e. The molecule has 0 unspecified atom stereocenters. The van der Waals surface area contributed by atoms with Crippen molar-refractivity contribution in [2.24, 2.45) is 5.10 Å². The molecule has 2 aliphatic heterocycles. The van der Waals surface area contributed by atoms with Crippen LogP contribution in [0.5, 0.6) is 11.5 Å². The maximum atomic E-state index is 12.5. The van der Waals surface area contributed by atoms with Gasteiger partial charge in [0, 0.05) is 19.4 Å². The number of carbonyl (C=O) groups is 3. The third kappa shape index (κ3) is 4.66. The van der Waals surface area contributed by atoms with Crippen molar-refractivity contribution in [2.45, 2.75) is 32.4 Å². The van der Waals surface area contributed by atoms with Gasteiger partial charge < -0.3 is 19.5 Å². The van der Waals surface area contributed by atoms with Crippen LogP contribution < -0.4 is 19.8 Å². The Bertz CT molecular complexity index is 1040. The van der Waals surface area contributed by atoms with Gasteiger partial charge >= 0.3 is 5.97 Å². The van der Waals surface area contributed by atoms with Crippen LogP contribution in [0.4, 0.5) is 5.69 Å². The lowest BCUT2D eigenvalue weighted by Gasteiger charge is -2.23. The first-order chi connectivity index (χ1) is 15.0. The highest BCUT2D eigenvalue weighted by atomic mass is 16.7. The van der Waals surface area contributed by atoms with Crippen molar-refractivity contribution >= 4 is 29.2 Å². The summed E-state index contributed by atoms with van der Waals surface area (Å²) in [6.45, 7) is 1.90. The zero-order chi connectivity index (χ0) is 21.8. The molecular weight excluding hydrogens is 402 g/mol. The fourth-order valence-electron chi connectivity index (χ4n) is 3.14. The molecule has 2 amide bonds. The third-order valence-corrected chi connectivity index (χ3v) is 4.83. The van der Waals surface area contributed by atoms with Crippen molar-refractivity contribution in [3.63, 3.8) is 0 Å². The van der Waals surface area contributed by atoms with Gasteiger partial charge in [-0.05, 0) is 36.8 Å². The van der Waals surface area contributed by atoms with Crippen LogP contribution >= 0.6 is 0 Å². The van der Waals surface area contributed by atoms with Gasteiger partial charge in [-0.3, -0.25) is 9.59 Å². The second-order valence-corrected chi connectivity index (χ2v) is 7.04. The smallest absolute Gasteiger partial charge is 0.355 e. The molecule has 1 atom stereocenters. The zero-order valence-corrected chi connectivity index (χ0v) is 16.9. The van der Waals surface area contributed by atoms with E-state index < -0.39 is 18.0 Å². The molecule has 0 radical (unpaired) electrons. The molecule has 2 aliphatic rings. The van der Waals surface area contributed by atoms with E-state index in [4.69, 9.17) is 14.2 Å². The predicted octanol–water partition coefficient (Wildman–Crippen LogP) is 2.15. The quantitative estimate of drug-likeness (QED) is 0.714. The van der Waals surface area contributed by atoms with Gasteiger partial charge in [-0.25, -0.2) is 9.80 Å². The summed E-state index contributed by atoms with van der Waals surface area (Å²) >= 11 is 0. The van der Waals surface area contributed by atoms with E-state index in [-0.39, 0.29) is 37.8 Å². The van der Waals surface area contributed by atoms with Crippen LogP contribution in [0.3, 0.4) is 0 Å². The molecule has 0 fully saturated rings. The molecule has 2 heterocycles. The Kier molecular flexibility index (Phi) is 5.83. The number of nitrogens with zero attached hydrogens (tertiary/aromatic N) is 2. The molecule has 1 N–H and O–H groups in total. The molecule has 9 nitrogen and oxygen atoms in total. The number of anilines is 1. The number of ether oxygens (including phenoxy) is 3. The van der Waals surface area contributed by atoms with Gasteiger partial charge in [0.2, 0.25) is 12.7 Å². The lowest BCUT2D eigenvalue weighted by atomic mass is 10.1. The number of hydrazone groups is 1. The second-order valence-electron chi connectivity index (χ2n) is 7.04. The van der Waals surface area contributed by atoms with E-state index in [2.05, 4.69) is 10.4 Å². The summed E-state index contributed by atoms with van der Waals surface area (Å²) in [6, 6.07) is 14.2. The number of fused-ring (bicyclic) bond motifs is 1. The van der Waals surface area contributed by atoms with Crippen LogP contribution in [0.25, 0.3) is 0 Å². The monoisotopic (exact) mass is 423 g/mol. The summed E-state index contributed by atoms with van der Waals surface area (Å²) in [6.07, 6.45) is -0.730. The van der Waals surface area contributed by atoms with Crippen molar-refractivity contribution in [3.05, 3.63) is 54.1 Å². The number of carbonyl (C=O) groups excluding carboxylic acids is 3. The number of para-hydroxylation sites is 1. The first kappa shape index (κ1) is 20.4. The number of nitrogens with one attached hydrogen (secondary N) is 1. The summed E-state index contributed by atoms with van der Waals surface area (Å²) in [5.41, 5.74) is 1.48. The Morgan fingerprint density at radius 3 is 2.71 bits per heavy atom. The number of hydrogen-bond donors (Lipinski definition) is 1. The lowest BCUT2D eigenvalue weighted by Crippen LogP contribution is -2.39. The highest BCUT2D eigenvalue weighted by Crippen LogP contribution is 2.32. The van der Waals surface area contributed by atoms with Gasteiger partial charge in [-0.15, -0.1) is 0 Å². The first-order valence-electron chi connectivity index (χ1n) is 9.84. The average molecular weight is 423 g/mol. The molecule has 0 saturated carbocycles. The average Bonchev–Trinajstić information content (AvgIpc) is 3.26. The fraction of sp³-hybridized carbons (Fsp3) is 0.273. The van der Waals surface area contributed by atoms with Crippen molar-refractivity contribution in [1.82, 2.24) is 5.32 Å². The Morgan fingerprint density at radius 2 is 1.90 bits per heavy atom. The number of benzene rings is 2. The fourth-order valence-corrected chi connectivity index (χ4v) is 3.14. The molecule has 0 aromatic heterocycles. The van der Waals surface area contributed by atoms with E-state index in [0.29, 0.717) is 17.2 Å². The predicted molar refractivity (Wildman–Crippen MR) is 111 cm³/mol. The summed E-state index contributed by atoms with van der Waals surface area (Å²) in [4.78, 5) is 37.0. The number of amides is 2. The third-order valence-electron chi connectivity index (χ3n) is 4.83. The molecule has 31 heavy (non-hydrogen) atoms. The van der Waals surface area contributed by atoms with Gasteiger partial charge in [-0.1, -0.05) is 24.3 Å². The highest BCUT2D eigenvalue weighted by Gasteiger charge is 2.28.